The number of hydrogen-bond donors (Lipinski definition) is 6. The number of carbonyl (C=O) groups excluding carboxylic acids is 1. The van der Waals surface area contributed by atoms with Crippen LogP contribution in [0.25, 0.3) is 0 Å². The van der Waals surface area contributed by atoms with Crippen LogP contribution in [0.1, 0.15) is 213 Å². The third kappa shape index (κ3) is 25.3. The second-order valence-corrected chi connectivity index (χ2v) is 15.9. The van der Waals surface area contributed by atoms with E-state index in [1.165, 1.54) is 148 Å². The van der Waals surface area contributed by atoms with Gasteiger partial charge in [0.25, 0.3) is 0 Å². The first-order chi connectivity index (χ1) is 25.3. The highest BCUT2D eigenvalue weighted by molar-refractivity contribution is 5.76. The van der Waals surface area contributed by atoms with Crippen LogP contribution >= 0.6 is 0 Å². The molecule has 9 nitrogen and oxygen atoms in total. The average Bonchev–Trinajstić information content (AvgIpc) is 3.14. The van der Waals surface area contributed by atoms with E-state index in [0.29, 0.717) is 12.8 Å². The van der Waals surface area contributed by atoms with Crippen LogP contribution in [0.15, 0.2) is 0 Å². The first-order valence-corrected chi connectivity index (χ1v) is 22.2. The highest BCUT2D eigenvalue weighted by Crippen LogP contribution is 2.23. The number of rotatable bonds is 37. The van der Waals surface area contributed by atoms with Crippen molar-refractivity contribution in [2.24, 2.45) is 0 Å². The van der Waals surface area contributed by atoms with Gasteiger partial charge in [-0.2, -0.15) is 0 Å². The molecular formula is C43H85NO8. The van der Waals surface area contributed by atoms with Crippen molar-refractivity contribution >= 4 is 5.91 Å². The minimum atomic E-state index is -1.55. The van der Waals surface area contributed by atoms with E-state index in [1.54, 1.807) is 0 Å². The molecule has 1 aliphatic rings. The maximum atomic E-state index is 12.9. The number of aliphatic hydroxyl groups excluding tert-OH is 5. The minimum absolute atomic E-state index is 0.132. The number of unbranched alkanes of at least 4 members (excludes halogenated alkanes) is 27. The molecule has 1 rings (SSSR count). The Morgan fingerprint density at radius 1 is 0.577 bits per heavy atom. The van der Waals surface area contributed by atoms with Crippen molar-refractivity contribution in [2.45, 2.75) is 256 Å². The molecule has 0 aliphatic carbocycles. The summed E-state index contributed by atoms with van der Waals surface area (Å²) >= 11 is 0. The number of amides is 1. The van der Waals surface area contributed by atoms with Crippen LogP contribution in [0.5, 0.6) is 0 Å². The summed E-state index contributed by atoms with van der Waals surface area (Å²) in [6, 6.07) is -0.710. The third-order valence-corrected chi connectivity index (χ3v) is 11.0. The maximum Gasteiger partial charge on any atom is 0.220 e. The number of carbonyl (C=O) groups is 1. The van der Waals surface area contributed by atoms with Crippen molar-refractivity contribution in [1.82, 2.24) is 5.32 Å². The molecule has 0 unspecified atom stereocenters. The molecular weight excluding hydrogens is 658 g/mol. The summed E-state index contributed by atoms with van der Waals surface area (Å²) < 4.78 is 11.2. The first kappa shape index (κ1) is 49.2. The van der Waals surface area contributed by atoms with Crippen molar-refractivity contribution in [1.29, 1.82) is 0 Å². The maximum absolute atomic E-state index is 12.9. The summed E-state index contributed by atoms with van der Waals surface area (Å²) in [5.74, 6) is -0.142. The summed E-state index contributed by atoms with van der Waals surface area (Å²) in [4.78, 5) is 12.9. The molecule has 1 heterocycles. The van der Waals surface area contributed by atoms with Gasteiger partial charge in [-0.25, -0.2) is 0 Å². The lowest BCUT2D eigenvalue weighted by Crippen LogP contribution is -2.60. The molecule has 1 fully saturated rings. The van der Waals surface area contributed by atoms with E-state index in [-0.39, 0.29) is 12.5 Å². The molecule has 0 aromatic carbocycles. The van der Waals surface area contributed by atoms with E-state index in [2.05, 4.69) is 19.2 Å². The molecule has 1 amide bonds. The zero-order valence-electron chi connectivity index (χ0n) is 33.8. The van der Waals surface area contributed by atoms with Crippen LogP contribution in [0.2, 0.25) is 0 Å². The lowest BCUT2D eigenvalue weighted by molar-refractivity contribution is -0.302. The summed E-state index contributed by atoms with van der Waals surface area (Å²) in [6.45, 7) is 3.84. The van der Waals surface area contributed by atoms with Crippen molar-refractivity contribution in [2.75, 3.05) is 13.2 Å². The van der Waals surface area contributed by atoms with Gasteiger partial charge in [-0.05, 0) is 12.8 Å². The van der Waals surface area contributed by atoms with Crippen LogP contribution in [-0.4, -0.2) is 87.5 Å². The molecule has 0 spiro atoms. The molecule has 1 saturated heterocycles. The molecule has 0 bridgehead atoms. The number of aliphatic hydroxyl groups is 5. The Balaban J connectivity index is 2.34. The topological polar surface area (TPSA) is 149 Å². The van der Waals surface area contributed by atoms with Crippen LogP contribution in [0, 0.1) is 0 Å². The zero-order chi connectivity index (χ0) is 38.1. The fourth-order valence-electron chi connectivity index (χ4n) is 7.34. The summed E-state index contributed by atoms with van der Waals surface area (Å²) in [6.07, 6.45) is 29.6. The van der Waals surface area contributed by atoms with E-state index in [4.69, 9.17) is 9.47 Å². The highest BCUT2D eigenvalue weighted by atomic mass is 16.7. The molecule has 0 radical (unpaired) electrons. The van der Waals surface area contributed by atoms with E-state index in [9.17, 15) is 30.3 Å². The van der Waals surface area contributed by atoms with Gasteiger partial charge in [-0.1, -0.05) is 194 Å². The molecule has 0 saturated carbocycles. The average molecular weight is 744 g/mol. The van der Waals surface area contributed by atoms with Gasteiger partial charge in [0, 0.05) is 6.42 Å². The summed E-state index contributed by atoms with van der Waals surface area (Å²) in [5.41, 5.74) is 0. The number of nitrogens with one attached hydrogen (secondary N) is 1. The molecule has 0 aromatic heterocycles. The Labute approximate surface area is 319 Å². The Hall–Kier alpha value is -0.810. The lowest BCUT2D eigenvalue weighted by Gasteiger charge is -2.40. The van der Waals surface area contributed by atoms with Crippen LogP contribution in [0.3, 0.4) is 0 Å². The smallest absolute Gasteiger partial charge is 0.220 e. The minimum Gasteiger partial charge on any atom is -0.394 e. The Bertz CT molecular complexity index is 786. The van der Waals surface area contributed by atoms with Crippen molar-refractivity contribution in [3.63, 3.8) is 0 Å². The van der Waals surface area contributed by atoms with E-state index >= 15 is 0 Å². The van der Waals surface area contributed by atoms with Crippen molar-refractivity contribution < 1.29 is 39.8 Å². The van der Waals surface area contributed by atoms with Crippen LogP contribution in [-0.2, 0) is 14.3 Å². The summed E-state index contributed by atoms with van der Waals surface area (Å²) in [5, 5.41) is 54.3. The second-order valence-electron chi connectivity index (χ2n) is 15.9. The lowest BCUT2D eigenvalue weighted by atomic mass is 9.99. The second kappa shape index (κ2) is 34.7. The van der Waals surface area contributed by atoms with Gasteiger partial charge in [0.15, 0.2) is 6.29 Å². The van der Waals surface area contributed by atoms with Gasteiger partial charge in [0.05, 0.1) is 25.4 Å². The molecule has 310 valence electrons. The predicted molar refractivity (Wildman–Crippen MR) is 212 cm³/mol. The molecule has 9 heteroatoms. The number of hydrogen-bond acceptors (Lipinski definition) is 8. The third-order valence-electron chi connectivity index (χ3n) is 11.0. The van der Waals surface area contributed by atoms with Crippen molar-refractivity contribution in [3.8, 4) is 0 Å². The molecule has 7 atom stereocenters. The van der Waals surface area contributed by atoms with Gasteiger partial charge in [0.2, 0.25) is 5.91 Å². The van der Waals surface area contributed by atoms with Crippen LogP contribution in [0.4, 0.5) is 0 Å². The normalized spacial score (nSPS) is 21.7. The van der Waals surface area contributed by atoms with Gasteiger partial charge >= 0.3 is 0 Å². The van der Waals surface area contributed by atoms with E-state index in [0.717, 1.165) is 38.5 Å². The van der Waals surface area contributed by atoms with Gasteiger partial charge in [-0.15, -0.1) is 0 Å². The van der Waals surface area contributed by atoms with E-state index in [1.807, 2.05) is 0 Å². The molecule has 1 aliphatic heterocycles. The molecule has 52 heavy (non-hydrogen) atoms. The Kier molecular flexibility index (Phi) is 32.8. The highest BCUT2D eigenvalue weighted by Gasteiger charge is 2.44. The first-order valence-electron chi connectivity index (χ1n) is 22.2. The largest absolute Gasteiger partial charge is 0.394 e. The zero-order valence-corrected chi connectivity index (χ0v) is 33.8. The van der Waals surface area contributed by atoms with Gasteiger partial charge in [-0.3, -0.25) is 4.79 Å². The summed E-state index contributed by atoms with van der Waals surface area (Å²) in [7, 11) is 0. The quantitative estimate of drug-likeness (QED) is 0.0346. The fraction of sp³-hybridized carbons (Fsp3) is 0.977. The standard InChI is InChI=1S/C43H85NO8/c1-3-5-7-9-11-13-15-17-19-21-23-25-27-29-31-33-39(47)44-36(35-51-43-42(50)41(49)40(48)38(34-45)52-43)37(46)32-30-28-26-24-22-20-18-16-14-12-10-8-6-4-2/h36-38,40-43,45-46,48-50H,3-35H2,1-2H3,(H,44,47)/t36-,37-,38+,40+,41-,42+,43+/m0/s1. The number of ether oxygens (including phenoxy) is 2. The monoisotopic (exact) mass is 744 g/mol. The molecule has 0 aromatic rings. The van der Waals surface area contributed by atoms with Gasteiger partial charge in [0.1, 0.15) is 24.4 Å². The Morgan fingerprint density at radius 3 is 1.37 bits per heavy atom. The SMILES string of the molecule is CCCCCCCCCCCCCCCCCC(=O)N[C@@H](CO[C@@H]1O[C@H](CO)[C@@H](O)[C@H](O)[C@H]1O)[C@@H](O)CCCCCCCCCCCCCCCC. The van der Waals surface area contributed by atoms with Crippen molar-refractivity contribution in [3.05, 3.63) is 0 Å². The van der Waals surface area contributed by atoms with E-state index < -0.39 is 49.5 Å². The fourth-order valence-corrected chi connectivity index (χ4v) is 7.34. The molecule has 6 N–H and O–H groups in total. The Morgan fingerprint density at radius 2 is 0.962 bits per heavy atom. The predicted octanol–water partition coefficient (Wildman–Crippen LogP) is 8.78. The van der Waals surface area contributed by atoms with Crippen LogP contribution < -0.4 is 5.32 Å². The van der Waals surface area contributed by atoms with Gasteiger partial charge < -0.3 is 40.3 Å².